The molecule has 12 heavy (non-hydrogen) atoms. The van der Waals surface area contributed by atoms with E-state index in [1.54, 1.807) is 30.6 Å². The van der Waals surface area contributed by atoms with Crippen LogP contribution in [0.1, 0.15) is 6.92 Å². The molecular formula is C7H12N2OS2. The molecule has 68 valence electrons. The van der Waals surface area contributed by atoms with E-state index >= 15 is 0 Å². The van der Waals surface area contributed by atoms with E-state index in [1.807, 2.05) is 6.92 Å². The molecular weight excluding hydrogens is 192 g/mol. The molecule has 1 N–H and O–H groups in total. The van der Waals surface area contributed by atoms with Crippen LogP contribution in [0, 0.1) is 0 Å². The average Bonchev–Trinajstić information content (AvgIpc) is 2.55. The van der Waals surface area contributed by atoms with Crippen LogP contribution < -0.4 is 5.32 Å². The van der Waals surface area contributed by atoms with E-state index in [-0.39, 0.29) is 11.2 Å². The Labute approximate surface area is 80.8 Å². The topological polar surface area (TPSA) is 41.5 Å². The van der Waals surface area contributed by atoms with Gasteiger partial charge in [0.2, 0.25) is 5.91 Å². The molecule has 0 saturated carbocycles. The molecule has 1 rings (SSSR count). The molecule has 0 bridgehead atoms. The quantitative estimate of drug-likeness (QED) is 0.728. The second-order valence-corrected chi connectivity index (χ2v) is 5.04. The molecule has 0 aromatic carbocycles. The maximum atomic E-state index is 11.1. The first-order valence-corrected chi connectivity index (χ1v) is 5.66. The van der Waals surface area contributed by atoms with Gasteiger partial charge < -0.3 is 5.32 Å². The Morgan fingerprint density at radius 3 is 3.08 bits per heavy atom. The highest BCUT2D eigenvalue weighted by atomic mass is 32.2. The lowest BCUT2D eigenvalue weighted by atomic mass is 10.4. The Bertz CT molecular complexity index is 206. The zero-order valence-electron chi connectivity index (χ0n) is 7.16. The van der Waals surface area contributed by atoms with E-state index in [0.29, 0.717) is 0 Å². The predicted molar refractivity (Wildman–Crippen MR) is 55.9 cm³/mol. The molecule has 1 aliphatic rings. The largest absolute Gasteiger partial charge is 0.358 e. The summed E-state index contributed by atoms with van der Waals surface area (Å²) >= 11 is 3.27. The lowest BCUT2D eigenvalue weighted by Crippen LogP contribution is -2.27. The lowest BCUT2D eigenvalue weighted by molar-refractivity contribution is -0.119. The van der Waals surface area contributed by atoms with Crippen LogP contribution in [-0.2, 0) is 4.79 Å². The van der Waals surface area contributed by atoms with Gasteiger partial charge in [0.15, 0.2) is 0 Å². The van der Waals surface area contributed by atoms with Crippen LogP contribution in [0.2, 0.25) is 0 Å². The lowest BCUT2D eigenvalue weighted by Gasteiger charge is -2.07. The van der Waals surface area contributed by atoms with Crippen molar-refractivity contribution < 1.29 is 4.79 Å². The Balaban J connectivity index is 2.34. The van der Waals surface area contributed by atoms with E-state index in [1.165, 1.54) is 0 Å². The molecule has 0 saturated heterocycles. The first-order valence-electron chi connectivity index (χ1n) is 3.79. The summed E-state index contributed by atoms with van der Waals surface area (Å²) in [5.74, 6) is 1.12. The van der Waals surface area contributed by atoms with Crippen LogP contribution in [0.25, 0.3) is 0 Å². The minimum Gasteiger partial charge on any atom is -0.358 e. The number of aliphatic imine (C=N–C) groups is 1. The number of carbonyl (C=O) groups excluding carboxylic acids is 1. The van der Waals surface area contributed by atoms with E-state index in [0.717, 1.165) is 16.7 Å². The van der Waals surface area contributed by atoms with Gasteiger partial charge in [0.05, 0.1) is 11.8 Å². The summed E-state index contributed by atoms with van der Waals surface area (Å²) in [6, 6.07) is 0. The third-order valence-corrected chi connectivity index (χ3v) is 3.75. The highest BCUT2D eigenvalue weighted by molar-refractivity contribution is 8.39. The summed E-state index contributed by atoms with van der Waals surface area (Å²) in [4.78, 5) is 15.4. The van der Waals surface area contributed by atoms with Gasteiger partial charge in [-0.2, -0.15) is 0 Å². The number of amides is 1. The zero-order valence-corrected chi connectivity index (χ0v) is 8.80. The van der Waals surface area contributed by atoms with Gasteiger partial charge in [0.1, 0.15) is 4.38 Å². The van der Waals surface area contributed by atoms with Crippen LogP contribution in [-0.4, -0.2) is 34.9 Å². The molecule has 0 aromatic heterocycles. The van der Waals surface area contributed by atoms with Crippen molar-refractivity contribution in [2.75, 3.05) is 19.3 Å². The summed E-state index contributed by atoms with van der Waals surface area (Å²) in [7, 11) is 1.66. The molecule has 1 atom stereocenters. The van der Waals surface area contributed by atoms with Crippen molar-refractivity contribution in [3.63, 3.8) is 0 Å². The molecule has 0 spiro atoms. The summed E-state index contributed by atoms with van der Waals surface area (Å²) in [5, 5.41) is 2.59. The van der Waals surface area contributed by atoms with Gasteiger partial charge in [-0.1, -0.05) is 23.5 Å². The Morgan fingerprint density at radius 1 is 1.83 bits per heavy atom. The van der Waals surface area contributed by atoms with E-state index < -0.39 is 0 Å². The van der Waals surface area contributed by atoms with Crippen molar-refractivity contribution >= 4 is 33.8 Å². The zero-order chi connectivity index (χ0) is 8.97. The number of nitrogens with zero attached hydrogens (tertiary/aromatic N) is 1. The molecule has 0 unspecified atom stereocenters. The van der Waals surface area contributed by atoms with Gasteiger partial charge >= 0.3 is 0 Å². The molecule has 0 aromatic rings. The van der Waals surface area contributed by atoms with Crippen LogP contribution in [0.4, 0.5) is 0 Å². The van der Waals surface area contributed by atoms with E-state index in [4.69, 9.17) is 0 Å². The summed E-state index contributed by atoms with van der Waals surface area (Å²) < 4.78 is 1.05. The fraction of sp³-hybridized carbons (Fsp3) is 0.714. The second kappa shape index (κ2) is 4.77. The van der Waals surface area contributed by atoms with Crippen molar-refractivity contribution in [2.45, 2.75) is 12.2 Å². The Kier molecular flexibility index (Phi) is 3.94. The number of thioether (sulfide) groups is 2. The van der Waals surface area contributed by atoms with Gasteiger partial charge in [0.25, 0.3) is 0 Å². The second-order valence-electron chi connectivity index (χ2n) is 2.37. The third kappa shape index (κ3) is 2.71. The number of carbonyl (C=O) groups is 1. The fourth-order valence-corrected chi connectivity index (χ4v) is 2.98. The van der Waals surface area contributed by atoms with Gasteiger partial charge in [0, 0.05) is 12.8 Å². The molecule has 0 radical (unpaired) electrons. The van der Waals surface area contributed by atoms with E-state index in [2.05, 4.69) is 10.3 Å². The summed E-state index contributed by atoms with van der Waals surface area (Å²) in [6.07, 6.45) is 0. The minimum atomic E-state index is -0.0284. The maximum Gasteiger partial charge on any atom is 0.233 e. The monoisotopic (exact) mass is 204 g/mol. The van der Waals surface area contributed by atoms with Gasteiger partial charge in [-0.3, -0.25) is 9.79 Å². The van der Waals surface area contributed by atoms with Crippen LogP contribution in [0.15, 0.2) is 4.99 Å². The van der Waals surface area contributed by atoms with Crippen molar-refractivity contribution in [1.82, 2.24) is 5.32 Å². The molecule has 1 aliphatic heterocycles. The molecule has 3 nitrogen and oxygen atoms in total. The molecule has 0 fully saturated rings. The number of nitrogens with one attached hydrogen (secondary N) is 1. The van der Waals surface area contributed by atoms with Gasteiger partial charge in [-0.05, 0) is 6.92 Å². The summed E-state index contributed by atoms with van der Waals surface area (Å²) in [6.45, 7) is 2.79. The van der Waals surface area contributed by atoms with Crippen molar-refractivity contribution in [3.05, 3.63) is 0 Å². The van der Waals surface area contributed by atoms with Gasteiger partial charge in [-0.15, -0.1) is 0 Å². The molecule has 0 aliphatic carbocycles. The molecule has 1 heterocycles. The number of hydrogen-bond acceptors (Lipinski definition) is 4. The third-order valence-electron chi connectivity index (χ3n) is 1.45. The normalized spacial score (nSPS) is 18.7. The van der Waals surface area contributed by atoms with Gasteiger partial charge in [-0.25, -0.2) is 0 Å². The SMILES string of the molecule is CNC(=O)[C@H](C)SC1=NCCS1. The Morgan fingerprint density at radius 2 is 2.58 bits per heavy atom. The highest BCUT2D eigenvalue weighted by Gasteiger charge is 2.17. The summed E-state index contributed by atoms with van der Waals surface area (Å²) in [5.41, 5.74) is 0. The fourth-order valence-electron chi connectivity index (χ4n) is 0.795. The maximum absolute atomic E-state index is 11.1. The standard InChI is InChI=1S/C7H12N2OS2/c1-5(6(10)8-2)12-7-9-3-4-11-7/h5H,3-4H2,1-2H3,(H,8,10)/t5-/m0/s1. The van der Waals surface area contributed by atoms with Crippen LogP contribution in [0.3, 0.4) is 0 Å². The van der Waals surface area contributed by atoms with Crippen molar-refractivity contribution in [3.8, 4) is 0 Å². The van der Waals surface area contributed by atoms with Crippen LogP contribution >= 0.6 is 23.5 Å². The van der Waals surface area contributed by atoms with Crippen molar-refractivity contribution in [2.24, 2.45) is 4.99 Å². The highest BCUT2D eigenvalue weighted by Crippen LogP contribution is 2.25. The van der Waals surface area contributed by atoms with Crippen LogP contribution in [0.5, 0.6) is 0 Å². The molecule has 5 heteroatoms. The van der Waals surface area contributed by atoms with Crippen molar-refractivity contribution in [1.29, 1.82) is 0 Å². The Hall–Kier alpha value is -0.160. The first kappa shape index (κ1) is 9.92. The average molecular weight is 204 g/mol. The smallest absolute Gasteiger partial charge is 0.233 e. The number of rotatable bonds is 2. The predicted octanol–water partition coefficient (Wildman–Crippen LogP) is 0.957. The number of hydrogen-bond donors (Lipinski definition) is 1. The first-order chi connectivity index (χ1) is 5.74. The molecule has 1 amide bonds. The van der Waals surface area contributed by atoms with E-state index in [9.17, 15) is 4.79 Å². The minimum absolute atomic E-state index is 0.0284.